The highest BCUT2D eigenvalue weighted by Gasteiger charge is 2.12. The largest absolute Gasteiger partial charge is 0.393 e. The molecule has 0 amide bonds. The maximum absolute atomic E-state index is 5.53. The molecule has 16 heavy (non-hydrogen) atoms. The Bertz CT molecular complexity index is 352. The van der Waals surface area contributed by atoms with Gasteiger partial charge in [0.25, 0.3) is 0 Å². The molecule has 0 atom stereocenters. The van der Waals surface area contributed by atoms with Crippen molar-refractivity contribution in [2.75, 3.05) is 18.0 Å². The molecule has 6 heteroatoms. The maximum atomic E-state index is 5.53. The van der Waals surface area contributed by atoms with Crippen LogP contribution in [0.5, 0.6) is 0 Å². The fraction of sp³-hybridized carbons (Fsp3) is 0.600. The molecular formula is C10H16BrN3S2. The lowest BCUT2D eigenvalue weighted by Crippen LogP contribution is -2.30. The average molecular weight is 322 g/mol. The van der Waals surface area contributed by atoms with Crippen LogP contribution in [0.15, 0.2) is 9.98 Å². The van der Waals surface area contributed by atoms with Crippen LogP contribution in [0.25, 0.3) is 0 Å². The summed E-state index contributed by atoms with van der Waals surface area (Å²) in [4.78, 5) is 7.21. The van der Waals surface area contributed by atoms with Crippen molar-refractivity contribution in [2.24, 2.45) is 11.7 Å². The van der Waals surface area contributed by atoms with E-state index in [-0.39, 0.29) is 0 Å². The molecule has 0 aliphatic rings. The molecular weight excluding hydrogens is 306 g/mol. The van der Waals surface area contributed by atoms with Gasteiger partial charge in [0, 0.05) is 24.9 Å². The Labute approximate surface area is 114 Å². The summed E-state index contributed by atoms with van der Waals surface area (Å²) in [6.07, 6.45) is 0.735. The Morgan fingerprint density at radius 1 is 1.69 bits per heavy atom. The number of hydrogen-bond donors (Lipinski definition) is 1. The lowest BCUT2D eigenvalue weighted by Gasteiger charge is -2.23. The topological polar surface area (TPSA) is 42.1 Å². The second-order valence-corrected chi connectivity index (χ2v) is 6.18. The van der Waals surface area contributed by atoms with E-state index in [9.17, 15) is 0 Å². The van der Waals surface area contributed by atoms with E-state index in [2.05, 4.69) is 39.7 Å². The first kappa shape index (κ1) is 13.9. The van der Waals surface area contributed by atoms with E-state index in [1.165, 1.54) is 0 Å². The van der Waals surface area contributed by atoms with E-state index in [1.807, 2.05) is 5.38 Å². The Kier molecular flexibility index (Phi) is 5.64. The van der Waals surface area contributed by atoms with Crippen molar-refractivity contribution < 1.29 is 0 Å². The van der Waals surface area contributed by atoms with Gasteiger partial charge in [-0.3, -0.25) is 0 Å². The predicted molar refractivity (Wildman–Crippen MR) is 78.3 cm³/mol. The predicted octanol–water partition coefficient (Wildman–Crippen LogP) is 3.04. The molecule has 0 radical (unpaired) electrons. The molecule has 0 fully saturated rings. The summed E-state index contributed by atoms with van der Waals surface area (Å²) in [6, 6.07) is 0. The van der Waals surface area contributed by atoms with E-state index in [1.54, 1.807) is 11.3 Å². The monoisotopic (exact) mass is 321 g/mol. The maximum Gasteiger partial charge on any atom is 0.186 e. The van der Waals surface area contributed by atoms with E-state index < -0.39 is 0 Å². The molecule has 0 unspecified atom stereocenters. The van der Waals surface area contributed by atoms with Crippen LogP contribution < -0.4 is 10.6 Å². The van der Waals surface area contributed by atoms with Crippen molar-refractivity contribution in [3.05, 3.63) is 9.98 Å². The van der Waals surface area contributed by atoms with Crippen molar-refractivity contribution in [2.45, 2.75) is 20.3 Å². The lowest BCUT2D eigenvalue weighted by atomic mass is 10.2. The van der Waals surface area contributed by atoms with Gasteiger partial charge in [0.15, 0.2) is 5.13 Å². The van der Waals surface area contributed by atoms with E-state index >= 15 is 0 Å². The quantitative estimate of drug-likeness (QED) is 0.818. The first-order valence-electron chi connectivity index (χ1n) is 5.13. The molecule has 1 aromatic rings. The number of thiazole rings is 1. The third kappa shape index (κ3) is 4.76. The molecule has 1 aromatic heterocycles. The highest BCUT2D eigenvalue weighted by atomic mass is 79.9. The summed E-state index contributed by atoms with van der Waals surface area (Å²) in [5.41, 5.74) is 5.53. The SMILES string of the molecule is CC(C)CN(CCC(N)=S)c1nc(Br)cs1. The first-order valence-corrected chi connectivity index (χ1v) is 7.21. The average Bonchev–Trinajstić information content (AvgIpc) is 2.58. The van der Waals surface area contributed by atoms with E-state index in [0.29, 0.717) is 10.9 Å². The van der Waals surface area contributed by atoms with Gasteiger partial charge in [0.2, 0.25) is 0 Å². The van der Waals surface area contributed by atoms with Crippen LogP contribution in [-0.2, 0) is 0 Å². The number of nitrogens with two attached hydrogens (primary N) is 1. The van der Waals surface area contributed by atoms with Crippen molar-refractivity contribution in [1.29, 1.82) is 0 Å². The van der Waals surface area contributed by atoms with Gasteiger partial charge in [-0.15, -0.1) is 11.3 Å². The highest BCUT2D eigenvalue weighted by Crippen LogP contribution is 2.24. The molecule has 0 saturated carbocycles. The Balaban J connectivity index is 2.66. The highest BCUT2D eigenvalue weighted by molar-refractivity contribution is 9.10. The fourth-order valence-corrected chi connectivity index (χ4v) is 2.72. The van der Waals surface area contributed by atoms with E-state index in [0.717, 1.165) is 29.2 Å². The van der Waals surface area contributed by atoms with Gasteiger partial charge in [-0.1, -0.05) is 26.1 Å². The minimum atomic E-state index is 0.560. The number of anilines is 1. The molecule has 0 aliphatic heterocycles. The Hall–Kier alpha value is -0.200. The normalized spacial score (nSPS) is 10.8. The molecule has 0 aromatic carbocycles. The first-order chi connectivity index (χ1) is 7.49. The van der Waals surface area contributed by atoms with Crippen molar-refractivity contribution >= 4 is 49.6 Å². The summed E-state index contributed by atoms with van der Waals surface area (Å²) in [5, 5.41) is 3.01. The number of aromatic nitrogens is 1. The summed E-state index contributed by atoms with van der Waals surface area (Å²) in [5.74, 6) is 0.592. The number of hydrogen-bond acceptors (Lipinski definition) is 4. The van der Waals surface area contributed by atoms with Crippen molar-refractivity contribution in [1.82, 2.24) is 4.98 Å². The molecule has 0 aliphatic carbocycles. The molecule has 1 rings (SSSR count). The van der Waals surface area contributed by atoms with Crippen LogP contribution in [0.2, 0.25) is 0 Å². The van der Waals surface area contributed by atoms with Crippen LogP contribution >= 0.6 is 39.5 Å². The Morgan fingerprint density at radius 3 is 2.81 bits per heavy atom. The van der Waals surface area contributed by atoms with Crippen molar-refractivity contribution in [3.8, 4) is 0 Å². The lowest BCUT2D eigenvalue weighted by molar-refractivity contribution is 0.612. The van der Waals surface area contributed by atoms with Crippen LogP contribution in [0.3, 0.4) is 0 Å². The van der Waals surface area contributed by atoms with Crippen LogP contribution in [-0.4, -0.2) is 23.1 Å². The number of nitrogens with zero attached hydrogens (tertiary/aromatic N) is 2. The molecule has 90 valence electrons. The van der Waals surface area contributed by atoms with Crippen LogP contribution in [0, 0.1) is 5.92 Å². The van der Waals surface area contributed by atoms with Gasteiger partial charge < -0.3 is 10.6 Å². The number of rotatable bonds is 6. The molecule has 3 nitrogen and oxygen atoms in total. The second-order valence-electron chi connectivity index (χ2n) is 4.01. The third-order valence-electron chi connectivity index (χ3n) is 1.95. The second kappa shape index (κ2) is 6.51. The number of thiocarbonyl (C=S) groups is 1. The zero-order valence-corrected chi connectivity index (χ0v) is 12.7. The standard InChI is InChI=1S/C10H16BrN3S2/c1-7(2)5-14(4-3-9(12)15)10-13-8(11)6-16-10/h6-7H,3-5H2,1-2H3,(H2,12,15). The van der Waals surface area contributed by atoms with Gasteiger partial charge in [0.05, 0.1) is 4.99 Å². The zero-order valence-electron chi connectivity index (χ0n) is 9.44. The zero-order chi connectivity index (χ0) is 12.1. The summed E-state index contributed by atoms with van der Waals surface area (Å²) < 4.78 is 0.886. The minimum absolute atomic E-state index is 0.560. The summed E-state index contributed by atoms with van der Waals surface area (Å²) >= 11 is 9.91. The molecule has 0 spiro atoms. The Morgan fingerprint density at radius 2 is 2.38 bits per heavy atom. The minimum Gasteiger partial charge on any atom is -0.393 e. The van der Waals surface area contributed by atoms with Gasteiger partial charge >= 0.3 is 0 Å². The summed E-state index contributed by atoms with van der Waals surface area (Å²) in [7, 11) is 0. The van der Waals surface area contributed by atoms with Gasteiger partial charge in [0.1, 0.15) is 4.60 Å². The van der Waals surface area contributed by atoms with Crippen LogP contribution in [0.1, 0.15) is 20.3 Å². The molecule has 1 heterocycles. The summed E-state index contributed by atoms with van der Waals surface area (Å²) in [6.45, 7) is 6.20. The fourth-order valence-electron chi connectivity index (χ4n) is 1.34. The molecule has 2 N–H and O–H groups in total. The van der Waals surface area contributed by atoms with Gasteiger partial charge in [-0.2, -0.15) is 0 Å². The van der Waals surface area contributed by atoms with E-state index in [4.69, 9.17) is 18.0 Å². The smallest absolute Gasteiger partial charge is 0.186 e. The molecule has 0 bridgehead atoms. The third-order valence-corrected chi connectivity index (χ3v) is 3.76. The van der Waals surface area contributed by atoms with Crippen LogP contribution in [0.4, 0.5) is 5.13 Å². The van der Waals surface area contributed by atoms with Crippen molar-refractivity contribution in [3.63, 3.8) is 0 Å². The molecule has 0 saturated heterocycles. The van der Waals surface area contributed by atoms with Gasteiger partial charge in [-0.05, 0) is 21.8 Å². The van der Waals surface area contributed by atoms with Gasteiger partial charge in [-0.25, -0.2) is 4.98 Å². The number of halogens is 1.